The van der Waals surface area contributed by atoms with Crippen molar-refractivity contribution in [3.05, 3.63) is 72.2 Å². The summed E-state index contributed by atoms with van der Waals surface area (Å²) in [6.45, 7) is 1.41. The molecule has 2 aromatic carbocycles. The van der Waals surface area contributed by atoms with E-state index in [0.29, 0.717) is 11.5 Å². The van der Waals surface area contributed by atoms with Gasteiger partial charge in [-0.1, -0.05) is 0 Å². The molecule has 1 unspecified atom stereocenters. The third kappa shape index (κ3) is 5.60. The predicted molar refractivity (Wildman–Crippen MR) is 110 cm³/mol. The largest absolute Gasteiger partial charge is 0.497 e. The molecule has 0 saturated heterocycles. The number of alkyl halides is 3. The maximum atomic E-state index is 13.6. The second-order valence-corrected chi connectivity index (χ2v) is 6.65. The number of furan rings is 1. The van der Waals surface area contributed by atoms with Gasteiger partial charge in [0.25, 0.3) is 11.8 Å². The molecule has 3 aromatic rings. The number of anilines is 2. The van der Waals surface area contributed by atoms with Crippen molar-refractivity contribution in [1.29, 1.82) is 0 Å². The van der Waals surface area contributed by atoms with Gasteiger partial charge in [-0.15, -0.1) is 0 Å². The zero-order valence-electron chi connectivity index (χ0n) is 17.0. The number of hydrogen-bond acceptors (Lipinski definition) is 5. The van der Waals surface area contributed by atoms with Crippen LogP contribution in [0.5, 0.6) is 11.5 Å². The van der Waals surface area contributed by atoms with Crippen LogP contribution in [0, 0.1) is 0 Å². The van der Waals surface area contributed by atoms with Crippen LogP contribution < -0.4 is 20.1 Å². The third-order valence-electron chi connectivity index (χ3n) is 4.37. The van der Waals surface area contributed by atoms with E-state index in [1.807, 2.05) is 0 Å². The van der Waals surface area contributed by atoms with Crippen LogP contribution in [0.15, 0.2) is 65.5 Å². The molecule has 0 aliphatic carbocycles. The van der Waals surface area contributed by atoms with E-state index in [1.54, 1.807) is 24.3 Å². The minimum absolute atomic E-state index is 0.0935. The fourth-order valence-corrected chi connectivity index (χ4v) is 2.71. The quantitative estimate of drug-likeness (QED) is 0.533. The van der Waals surface area contributed by atoms with E-state index in [2.05, 4.69) is 10.6 Å². The Balaban J connectivity index is 1.74. The Labute approximate surface area is 181 Å². The van der Waals surface area contributed by atoms with Crippen molar-refractivity contribution < 1.29 is 36.7 Å². The molecule has 1 heterocycles. The van der Waals surface area contributed by atoms with Crippen LogP contribution >= 0.6 is 0 Å². The molecular weight excluding hydrogens is 429 g/mol. The first kappa shape index (κ1) is 22.7. The highest BCUT2D eigenvalue weighted by molar-refractivity contribution is 6.04. The van der Waals surface area contributed by atoms with Gasteiger partial charge in [-0.3, -0.25) is 9.59 Å². The molecule has 0 bridgehead atoms. The Hall–Kier alpha value is -3.95. The van der Waals surface area contributed by atoms with Crippen molar-refractivity contribution in [1.82, 2.24) is 0 Å². The Bertz CT molecular complexity index is 1080. The summed E-state index contributed by atoms with van der Waals surface area (Å²) in [5.74, 6) is -0.474. The second-order valence-electron chi connectivity index (χ2n) is 6.65. The predicted octanol–water partition coefficient (Wildman–Crippen LogP) is 4.97. The van der Waals surface area contributed by atoms with Gasteiger partial charge in [0.2, 0.25) is 0 Å². The molecule has 0 fully saturated rings. The minimum atomic E-state index is -4.78. The van der Waals surface area contributed by atoms with Crippen LogP contribution in [-0.4, -0.2) is 25.0 Å². The lowest BCUT2D eigenvalue weighted by molar-refractivity contribution is -0.137. The number of halogens is 3. The average molecular weight is 448 g/mol. The molecule has 0 saturated carbocycles. The van der Waals surface area contributed by atoms with Gasteiger partial charge in [0, 0.05) is 5.69 Å². The van der Waals surface area contributed by atoms with E-state index in [1.165, 1.54) is 38.7 Å². The summed E-state index contributed by atoms with van der Waals surface area (Å²) >= 11 is 0. The van der Waals surface area contributed by atoms with Crippen molar-refractivity contribution >= 4 is 23.2 Å². The molecule has 0 spiro atoms. The molecule has 0 radical (unpaired) electrons. The summed E-state index contributed by atoms with van der Waals surface area (Å²) in [6.07, 6.45) is -3.42. The number of amides is 2. The Kier molecular flexibility index (Phi) is 6.72. The highest BCUT2D eigenvalue weighted by atomic mass is 19.4. The Morgan fingerprint density at radius 2 is 1.69 bits per heavy atom. The molecule has 0 aliphatic heterocycles. The number of benzene rings is 2. The van der Waals surface area contributed by atoms with Crippen LogP contribution in [-0.2, 0) is 11.0 Å². The van der Waals surface area contributed by atoms with E-state index < -0.39 is 35.3 Å². The van der Waals surface area contributed by atoms with Crippen molar-refractivity contribution in [3.8, 4) is 11.5 Å². The average Bonchev–Trinajstić information content (AvgIpc) is 3.29. The smallest absolute Gasteiger partial charge is 0.418 e. The van der Waals surface area contributed by atoms with Gasteiger partial charge >= 0.3 is 6.18 Å². The van der Waals surface area contributed by atoms with E-state index >= 15 is 0 Å². The van der Waals surface area contributed by atoms with Crippen molar-refractivity contribution in [2.75, 3.05) is 17.7 Å². The first-order chi connectivity index (χ1) is 15.2. The molecule has 1 atom stereocenters. The van der Waals surface area contributed by atoms with E-state index in [4.69, 9.17) is 13.9 Å². The second kappa shape index (κ2) is 9.46. The monoisotopic (exact) mass is 448 g/mol. The highest BCUT2D eigenvalue weighted by Crippen LogP contribution is 2.37. The van der Waals surface area contributed by atoms with E-state index in [9.17, 15) is 22.8 Å². The maximum Gasteiger partial charge on any atom is 0.418 e. The number of carbonyl (C=O) groups excluding carboxylic acids is 2. The summed E-state index contributed by atoms with van der Waals surface area (Å²) in [4.78, 5) is 24.5. The molecule has 0 aliphatic rings. The number of methoxy groups -OCH3 is 1. The van der Waals surface area contributed by atoms with Gasteiger partial charge in [0.1, 0.15) is 17.8 Å². The summed E-state index contributed by atoms with van der Waals surface area (Å²) in [5, 5.41) is 4.59. The number of hydrogen-bond donors (Lipinski definition) is 2. The number of nitrogens with one attached hydrogen (secondary N) is 2. The zero-order valence-corrected chi connectivity index (χ0v) is 17.0. The van der Waals surface area contributed by atoms with E-state index in [0.717, 1.165) is 12.1 Å². The molecule has 2 N–H and O–H groups in total. The van der Waals surface area contributed by atoms with Gasteiger partial charge < -0.3 is 24.5 Å². The summed E-state index contributed by atoms with van der Waals surface area (Å²) in [5.41, 5.74) is -1.52. The Morgan fingerprint density at radius 1 is 1.00 bits per heavy atom. The minimum Gasteiger partial charge on any atom is -0.497 e. The number of ether oxygens (including phenoxy) is 2. The molecule has 10 heteroatoms. The molecule has 7 nitrogen and oxygen atoms in total. The van der Waals surface area contributed by atoms with Crippen LogP contribution in [0.1, 0.15) is 22.8 Å². The lowest BCUT2D eigenvalue weighted by Gasteiger charge is -2.18. The summed E-state index contributed by atoms with van der Waals surface area (Å²) < 4.78 is 56.0. The van der Waals surface area contributed by atoms with Crippen LogP contribution in [0.4, 0.5) is 24.5 Å². The van der Waals surface area contributed by atoms with Crippen molar-refractivity contribution in [2.45, 2.75) is 19.2 Å². The van der Waals surface area contributed by atoms with Gasteiger partial charge in [-0.2, -0.15) is 13.2 Å². The topological polar surface area (TPSA) is 89.8 Å². The van der Waals surface area contributed by atoms with Crippen LogP contribution in [0.3, 0.4) is 0 Å². The third-order valence-corrected chi connectivity index (χ3v) is 4.37. The molecule has 3 rings (SSSR count). The molecule has 32 heavy (non-hydrogen) atoms. The zero-order chi connectivity index (χ0) is 23.3. The van der Waals surface area contributed by atoms with Gasteiger partial charge in [0.15, 0.2) is 6.10 Å². The maximum absolute atomic E-state index is 13.6. The SMILES string of the molecule is COc1ccc(OC(C)C(=O)Nc2ccc(NC(=O)c3ccoc3)cc2C(F)(F)F)cc1. The van der Waals surface area contributed by atoms with Crippen LogP contribution in [0.25, 0.3) is 0 Å². The summed E-state index contributed by atoms with van der Waals surface area (Å²) in [7, 11) is 1.50. The van der Waals surface area contributed by atoms with Crippen molar-refractivity contribution in [3.63, 3.8) is 0 Å². The number of rotatable bonds is 7. The molecule has 168 valence electrons. The summed E-state index contributed by atoms with van der Waals surface area (Å²) in [6, 6.07) is 10.8. The first-order valence-electron chi connectivity index (χ1n) is 9.33. The fourth-order valence-electron chi connectivity index (χ4n) is 2.71. The van der Waals surface area contributed by atoms with Gasteiger partial charge in [-0.05, 0) is 55.5 Å². The standard InChI is InChI=1S/C22H19F3N2O5/c1-13(32-17-6-4-16(30-2)5-7-17)20(28)27-19-8-3-15(11-18(19)22(23,24)25)26-21(29)14-9-10-31-12-14/h3-13H,1-2H3,(H,26,29)(H,27,28). The van der Waals surface area contributed by atoms with Gasteiger partial charge in [0.05, 0.1) is 30.2 Å². The normalized spacial score (nSPS) is 12.0. The van der Waals surface area contributed by atoms with E-state index in [-0.39, 0.29) is 11.3 Å². The Morgan fingerprint density at radius 3 is 2.28 bits per heavy atom. The van der Waals surface area contributed by atoms with Crippen LogP contribution in [0.2, 0.25) is 0 Å². The highest BCUT2D eigenvalue weighted by Gasteiger charge is 2.35. The molecule has 1 aromatic heterocycles. The van der Waals surface area contributed by atoms with Crippen molar-refractivity contribution in [2.24, 2.45) is 0 Å². The van der Waals surface area contributed by atoms with Gasteiger partial charge in [-0.25, -0.2) is 0 Å². The number of carbonyl (C=O) groups is 2. The molecular formula is C22H19F3N2O5. The fraction of sp³-hybridized carbons (Fsp3) is 0.182. The lowest BCUT2D eigenvalue weighted by atomic mass is 10.1. The first-order valence-corrected chi connectivity index (χ1v) is 9.33. The molecule has 2 amide bonds. The lowest BCUT2D eigenvalue weighted by Crippen LogP contribution is -2.31.